The zero-order chi connectivity index (χ0) is 14.9. The van der Waals surface area contributed by atoms with Crippen molar-refractivity contribution in [1.82, 2.24) is 9.97 Å². The van der Waals surface area contributed by atoms with E-state index in [9.17, 15) is 0 Å². The van der Waals surface area contributed by atoms with Gasteiger partial charge in [-0.05, 0) is 18.2 Å². The van der Waals surface area contributed by atoms with Crippen molar-refractivity contribution in [1.29, 1.82) is 0 Å². The Morgan fingerprint density at radius 1 is 1.23 bits per heavy atom. The van der Waals surface area contributed by atoms with E-state index in [1.54, 1.807) is 19.6 Å². The third kappa shape index (κ3) is 2.37. The molecule has 2 fully saturated rings. The summed E-state index contributed by atoms with van der Waals surface area (Å²) < 4.78 is 22.3. The summed E-state index contributed by atoms with van der Waals surface area (Å²) in [6, 6.07) is 5.52. The van der Waals surface area contributed by atoms with Crippen LogP contribution in [-0.2, 0) is 14.2 Å². The number of hydrogen-bond donors (Lipinski definition) is 1. The third-order valence-corrected chi connectivity index (χ3v) is 4.05. The van der Waals surface area contributed by atoms with E-state index in [1.807, 2.05) is 18.2 Å². The monoisotopic (exact) mass is 303 g/mol. The second kappa shape index (κ2) is 5.68. The lowest BCUT2D eigenvalue weighted by Crippen LogP contribution is -2.36. The minimum atomic E-state index is -0.0409. The van der Waals surface area contributed by atoms with Crippen LogP contribution in [0.2, 0.25) is 0 Å². The number of fused-ring (bicyclic) bond motifs is 1. The average Bonchev–Trinajstić information content (AvgIpc) is 3.26. The van der Waals surface area contributed by atoms with Gasteiger partial charge in [-0.1, -0.05) is 0 Å². The van der Waals surface area contributed by atoms with Gasteiger partial charge in [0.25, 0.3) is 0 Å². The van der Waals surface area contributed by atoms with Gasteiger partial charge in [-0.15, -0.1) is 0 Å². The minimum absolute atomic E-state index is 0.00725. The van der Waals surface area contributed by atoms with Crippen LogP contribution >= 0.6 is 0 Å². The van der Waals surface area contributed by atoms with Crippen LogP contribution in [0.4, 0.5) is 5.95 Å². The summed E-state index contributed by atoms with van der Waals surface area (Å²) in [5.41, 5.74) is 0.736. The van der Waals surface area contributed by atoms with Crippen LogP contribution < -0.4 is 5.32 Å². The van der Waals surface area contributed by atoms with Crippen LogP contribution in [0.1, 0.15) is 0 Å². The number of anilines is 1. The molecule has 22 heavy (non-hydrogen) atoms. The zero-order valence-corrected chi connectivity index (χ0v) is 12.1. The highest BCUT2D eigenvalue weighted by atomic mass is 16.6. The maximum atomic E-state index is 5.78. The zero-order valence-electron chi connectivity index (χ0n) is 12.1. The molecule has 1 N–H and O–H groups in total. The summed E-state index contributed by atoms with van der Waals surface area (Å²) in [5.74, 6) is 1.25. The molecule has 4 rings (SSSR count). The summed E-state index contributed by atoms with van der Waals surface area (Å²) >= 11 is 0. The topological polar surface area (TPSA) is 78.6 Å². The minimum Gasteiger partial charge on any atom is -0.463 e. The second-order valence-corrected chi connectivity index (χ2v) is 5.36. The Balaban J connectivity index is 1.49. The number of nitrogens with zero attached hydrogens (tertiary/aromatic N) is 2. The molecule has 4 heterocycles. The first kappa shape index (κ1) is 13.7. The number of rotatable bonds is 4. The highest BCUT2D eigenvalue weighted by Crippen LogP contribution is 2.30. The number of hydrogen-bond acceptors (Lipinski definition) is 7. The van der Waals surface area contributed by atoms with E-state index >= 15 is 0 Å². The van der Waals surface area contributed by atoms with Crippen molar-refractivity contribution in [3.05, 3.63) is 30.7 Å². The highest BCUT2D eigenvalue weighted by Gasteiger charge is 2.48. The predicted molar refractivity (Wildman–Crippen MR) is 77.4 cm³/mol. The maximum Gasteiger partial charge on any atom is 0.223 e. The van der Waals surface area contributed by atoms with Crippen molar-refractivity contribution >= 4 is 5.95 Å². The lowest BCUT2D eigenvalue weighted by molar-refractivity contribution is -0.00757. The van der Waals surface area contributed by atoms with Crippen LogP contribution in [-0.4, -0.2) is 54.6 Å². The van der Waals surface area contributed by atoms with E-state index in [1.165, 1.54) is 0 Å². The first-order valence-corrected chi connectivity index (χ1v) is 7.24. The highest BCUT2D eigenvalue weighted by molar-refractivity contribution is 5.53. The van der Waals surface area contributed by atoms with E-state index in [-0.39, 0.29) is 24.4 Å². The fraction of sp³-hybridized carbons (Fsp3) is 0.467. The van der Waals surface area contributed by atoms with Crippen LogP contribution in [0.25, 0.3) is 11.5 Å². The standard InChI is InChI=1S/C15H17N3O4/c1-19-12-8-22-13-10(7-21-14(12)13)18-15-16-5-4-9(17-15)11-3-2-6-20-11/h2-6,10,12-14H,7-8H2,1H3,(H,16,17,18). The van der Waals surface area contributed by atoms with Gasteiger partial charge >= 0.3 is 0 Å². The summed E-state index contributed by atoms with van der Waals surface area (Å²) in [5, 5.41) is 3.29. The van der Waals surface area contributed by atoms with Crippen molar-refractivity contribution in [3.63, 3.8) is 0 Å². The summed E-state index contributed by atoms with van der Waals surface area (Å²) in [6.45, 7) is 1.10. The number of nitrogens with one attached hydrogen (secondary N) is 1. The van der Waals surface area contributed by atoms with Crippen molar-refractivity contribution in [2.45, 2.75) is 24.4 Å². The molecule has 0 radical (unpaired) electrons. The van der Waals surface area contributed by atoms with Gasteiger partial charge in [-0.2, -0.15) is 0 Å². The molecular formula is C15H17N3O4. The number of aromatic nitrogens is 2. The largest absolute Gasteiger partial charge is 0.463 e. The van der Waals surface area contributed by atoms with Crippen LogP contribution in [0.3, 0.4) is 0 Å². The molecule has 2 aromatic rings. The number of methoxy groups -OCH3 is 1. The Bertz CT molecular complexity index is 633. The second-order valence-electron chi connectivity index (χ2n) is 5.36. The molecule has 0 aliphatic carbocycles. The predicted octanol–water partition coefficient (Wildman–Crippen LogP) is 1.33. The van der Waals surface area contributed by atoms with E-state index in [2.05, 4.69) is 15.3 Å². The van der Waals surface area contributed by atoms with E-state index in [0.29, 0.717) is 24.9 Å². The molecule has 0 amide bonds. The Morgan fingerprint density at radius 3 is 2.95 bits per heavy atom. The molecule has 4 atom stereocenters. The molecule has 0 bridgehead atoms. The Morgan fingerprint density at radius 2 is 2.14 bits per heavy atom. The van der Waals surface area contributed by atoms with E-state index in [0.717, 1.165) is 5.69 Å². The first-order valence-electron chi connectivity index (χ1n) is 7.24. The Kier molecular flexibility index (Phi) is 3.53. The van der Waals surface area contributed by atoms with Gasteiger partial charge in [-0.25, -0.2) is 9.97 Å². The van der Waals surface area contributed by atoms with Gasteiger partial charge < -0.3 is 23.9 Å². The number of ether oxygens (including phenoxy) is 3. The van der Waals surface area contributed by atoms with Crippen molar-refractivity contribution in [2.75, 3.05) is 25.6 Å². The molecule has 116 valence electrons. The molecule has 7 nitrogen and oxygen atoms in total. The summed E-state index contributed by atoms with van der Waals surface area (Å²) in [4.78, 5) is 8.73. The molecule has 7 heteroatoms. The molecule has 2 aliphatic heterocycles. The molecule has 0 spiro atoms. The van der Waals surface area contributed by atoms with Crippen molar-refractivity contribution in [2.24, 2.45) is 0 Å². The van der Waals surface area contributed by atoms with Crippen LogP contribution in [0, 0.1) is 0 Å². The first-order chi connectivity index (χ1) is 10.8. The maximum absolute atomic E-state index is 5.78. The van der Waals surface area contributed by atoms with Gasteiger partial charge in [0.2, 0.25) is 5.95 Å². The smallest absolute Gasteiger partial charge is 0.223 e. The molecule has 2 aliphatic rings. The summed E-state index contributed by atoms with van der Waals surface area (Å²) in [7, 11) is 1.68. The van der Waals surface area contributed by atoms with Crippen LogP contribution in [0.5, 0.6) is 0 Å². The molecule has 4 unspecified atom stereocenters. The summed E-state index contributed by atoms with van der Waals surface area (Å²) in [6.07, 6.45) is 3.24. The Labute approximate surface area is 127 Å². The van der Waals surface area contributed by atoms with Gasteiger partial charge in [0, 0.05) is 13.3 Å². The van der Waals surface area contributed by atoms with Crippen LogP contribution in [0.15, 0.2) is 35.1 Å². The lowest BCUT2D eigenvalue weighted by Gasteiger charge is -2.17. The molecule has 0 aromatic carbocycles. The number of furan rings is 1. The fourth-order valence-electron chi connectivity index (χ4n) is 2.95. The molecule has 0 saturated carbocycles. The normalized spacial score (nSPS) is 30.4. The van der Waals surface area contributed by atoms with Gasteiger partial charge in [0.05, 0.1) is 25.5 Å². The quantitative estimate of drug-likeness (QED) is 0.912. The molecular weight excluding hydrogens is 286 g/mol. The fourth-order valence-corrected chi connectivity index (χ4v) is 2.95. The third-order valence-electron chi connectivity index (χ3n) is 4.05. The van der Waals surface area contributed by atoms with Gasteiger partial charge in [-0.3, -0.25) is 0 Å². The Hall–Kier alpha value is -1.96. The SMILES string of the molecule is COC1COC2C(Nc3nccc(-c4ccco4)n3)COC12. The van der Waals surface area contributed by atoms with E-state index in [4.69, 9.17) is 18.6 Å². The average molecular weight is 303 g/mol. The lowest BCUT2D eigenvalue weighted by atomic mass is 10.1. The van der Waals surface area contributed by atoms with E-state index < -0.39 is 0 Å². The molecule has 2 saturated heterocycles. The van der Waals surface area contributed by atoms with Crippen molar-refractivity contribution in [3.8, 4) is 11.5 Å². The van der Waals surface area contributed by atoms with Gasteiger partial charge in [0.1, 0.15) is 24.0 Å². The van der Waals surface area contributed by atoms with Gasteiger partial charge in [0.15, 0.2) is 5.76 Å². The molecule has 2 aromatic heterocycles. The van der Waals surface area contributed by atoms with Crippen molar-refractivity contribution < 1.29 is 18.6 Å².